The first-order valence-corrected chi connectivity index (χ1v) is 6.63. The number of carbonyl (C=O) groups is 1. The Morgan fingerprint density at radius 1 is 1.36 bits per heavy atom. The van der Waals surface area contributed by atoms with E-state index in [0.717, 1.165) is 4.90 Å². The standard InChI is InChI=1S/C14H13F2NO5/c15-14(16)21-11-4-2-8(5-12(11)22-14)9-1-3-10(7-18)17(6-9)13(19)20/h2,4-6,10,18H,1,3,7H2,(H,19,20). The van der Waals surface area contributed by atoms with Crippen molar-refractivity contribution in [2.75, 3.05) is 6.61 Å². The van der Waals surface area contributed by atoms with Crippen LogP contribution in [0.15, 0.2) is 24.4 Å². The van der Waals surface area contributed by atoms with Gasteiger partial charge in [-0.3, -0.25) is 4.90 Å². The van der Waals surface area contributed by atoms with Gasteiger partial charge in [0.15, 0.2) is 11.5 Å². The van der Waals surface area contributed by atoms with Gasteiger partial charge in [0.1, 0.15) is 0 Å². The second kappa shape index (κ2) is 5.13. The molecule has 22 heavy (non-hydrogen) atoms. The predicted octanol–water partition coefficient (Wildman–Crippen LogP) is 2.48. The summed E-state index contributed by atoms with van der Waals surface area (Å²) in [6.45, 7) is -0.274. The van der Waals surface area contributed by atoms with E-state index in [-0.39, 0.29) is 18.1 Å². The molecule has 2 heterocycles. The zero-order valence-electron chi connectivity index (χ0n) is 11.3. The average Bonchev–Trinajstić information content (AvgIpc) is 2.79. The predicted molar refractivity (Wildman–Crippen MR) is 70.6 cm³/mol. The summed E-state index contributed by atoms with van der Waals surface area (Å²) in [5.41, 5.74) is 1.23. The maximum absolute atomic E-state index is 13.0. The fraction of sp³-hybridized carbons (Fsp3) is 0.357. The molecule has 6 nitrogen and oxygen atoms in total. The van der Waals surface area contributed by atoms with Crippen molar-refractivity contribution < 1.29 is 33.3 Å². The fourth-order valence-electron chi connectivity index (χ4n) is 2.56. The summed E-state index contributed by atoms with van der Waals surface area (Å²) in [7, 11) is 0. The Morgan fingerprint density at radius 2 is 2.09 bits per heavy atom. The first-order chi connectivity index (χ1) is 10.4. The van der Waals surface area contributed by atoms with E-state index in [1.807, 2.05) is 0 Å². The lowest BCUT2D eigenvalue weighted by atomic mass is 9.95. The van der Waals surface area contributed by atoms with Gasteiger partial charge < -0.3 is 19.7 Å². The second-order valence-corrected chi connectivity index (χ2v) is 5.05. The van der Waals surface area contributed by atoms with Crippen LogP contribution < -0.4 is 9.47 Å². The van der Waals surface area contributed by atoms with Crippen molar-refractivity contribution in [1.82, 2.24) is 4.90 Å². The van der Waals surface area contributed by atoms with Crippen LogP contribution in [0.1, 0.15) is 18.4 Å². The molecule has 3 rings (SSSR count). The van der Waals surface area contributed by atoms with Crippen LogP contribution >= 0.6 is 0 Å². The highest BCUT2D eigenvalue weighted by Crippen LogP contribution is 2.43. The van der Waals surface area contributed by atoms with E-state index in [4.69, 9.17) is 5.11 Å². The molecule has 8 heteroatoms. The molecule has 1 amide bonds. The molecule has 1 aromatic rings. The Balaban J connectivity index is 1.91. The molecule has 0 fully saturated rings. The monoisotopic (exact) mass is 313 g/mol. The molecule has 0 aliphatic carbocycles. The molecule has 0 aromatic heterocycles. The molecule has 1 unspecified atom stereocenters. The van der Waals surface area contributed by atoms with Gasteiger partial charge in [0.2, 0.25) is 0 Å². The van der Waals surface area contributed by atoms with E-state index >= 15 is 0 Å². The minimum absolute atomic E-state index is 0.0616. The van der Waals surface area contributed by atoms with E-state index in [2.05, 4.69) is 9.47 Å². The second-order valence-electron chi connectivity index (χ2n) is 5.05. The van der Waals surface area contributed by atoms with Crippen molar-refractivity contribution in [3.05, 3.63) is 30.0 Å². The Hall–Kier alpha value is -2.35. The Labute approximate surface area is 124 Å². The smallest absolute Gasteiger partial charge is 0.465 e. The normalized spacial score (nSPS) is 22.4. The number of hydrogen-bond donors (Lipinski definition) is 2. The highest BCUT2D eigenvalue weighted by atomic mass is 19.3. The lowest BCUT2D eigenvalue weighted by Gasteiger charge is -2.30. The van der Waals surface area contributed by atoms with E-state index in [9.17, 15) is 18.7 Å². The molecule has 0 saturated heterocycles. The molecule has 2 aliphatic rings. The van der Waals surface area contributed by atoms with Gasteiger partial charge in [-0.1, -0.05) is 6.07 Å². The number of alkyl halides is 2. The van der Waals surface area contributed by atoms with Crippen LogP contribution in [0.25, 0.3) is 5.57 Å². The third-order valence-electron chi connectivity index (χ3n) is 3.64. The number of benzene rings is 1. The maximum atomic E-state index is 13.0. The van der Waals surface area contributed by atoms with Gasteiger partial charge in [-0.2, -0.15) is 0 Å². The van der Waals surface area contributed by atoms with Crippen LogP contribution in [0.5, 0.6) is 11.5 Å². The number of amides is 1. The van der Waals surface area contributed by atoms with Gasteiger partial charge in [0.25, 0.3) is 0 Å². The number of hydrogen-bond acceptors (Lipinski definition) is 4. The summed E-state index contributed by atoms with van der Waals surface area (Å²) in [6.07, 6.45) is -2.49. The molecule has 1 aromatic carbocycles. The number of carboxylic acid groups (broad SMARTS) is 1. The zero-order valence-corrected chi connectivity index (χ0v) is 11.3. The van der Waals surface area contributed by atoms with Crippen LogP contribution in [0.4, 0.5) is 13.6 Å². The summed E-state index contributed by atoms with van der Waals surface area (Å²) in [6, 6.07) is 3.81. The molecule has 0 radical (unpaired) electrons. The van der Waals surface area contributed by atoms with E-state index in [0.29, 0.717) is 24.0 Å². The molecule has 2 aliphatic heterocycles. The molecule has 0 spiro atoms. The van der Waals surface area contributed by atoms with E-state index in [1.54, 1.807) is 6.07 Å². The molecular formula is C14H13F2NO5. The molecular weight excluding hydrogens is 300 g/mol. The first kappa shape index (κ1) is 14.6. The number of nitrogens with zero attached hydrogens (tertiary/aromatic N) is 1. The summed E-state index contributed by atoms with van der Waals surface area (Å²) in [5.74, 6) is -0.150. The topological polar surface area (TPSA) is 79.2 Å². The first-order valence-electron chi connectivity index (χ1n) is 6.63. The number of allylic oxidation sites excluding steroid dienone is 1. The van der Waals surface area contributed by atoms with Crippen LogP contribution in [0.3, 0.4) is 0 Å². The number of aliphatic hydroxyl groups is 1. The zero-order chi connectivity index (χ0) is 15.9. The Bertz CT molecular complexity index is 646. The average molecular weight is 313 g/mol. The molecule has 1 atom stereocenters. The quantitative estimate of drug-likeness (QED) is 0.877. The van der Waals surface area contributed by atoms with Gasteiger partial charge in [0.05, 0.1) is 12.6 Å². The maximum Gasteiger partial charge on any atom is 0.586 e. The number of aliphatic hydroxyl groups excluding tert-OH is 1. The largest absolute Gasteiger partial charge is 0.586 e. The van der Waals surface area contributed by atoms with Crippen LogP contribution in [-0.4, -0.2) is 40.1 Å². The molecule has 0 saturated carbocycles. The van der Waals surface area contributed by atoms with Crippen molar-refractivity contribution >= 4 is 11.7 Å². The molecule has 0 bridgehead atoms. The molecule has 118 valence electrons. The summed E-state index contributed by atoms with van der Waals surface area (Å²) < 4.78 is 34.7. The third-order valence-corrected chi connectivity index (χ3v) is 3.64. The van der Waals surface area contributed by atoms with Crippen molar-refractivity contribution in [2.45, 2.75) is 25.2 Å². The van der Waals surface area contributed by atoms with Crippen molar-refractivity contribution in [3.8, 4) is 11.5 Å². The lowest BCUT2D eigenvalue weighted by Crippen LogP contribution is -2.40. The number of ether oxygens (including phenoxy) is 2. The fourth-order valence-corrected chi connectivity index (χ4v) is 2.56. The molecule has 2 N–H and O–H groups in total. The number of fused-ring (bicyclic) bond motifs is 1. The minimum Gasteiger partial charge on any atom is -0.465 e. The van der Waals surface area contributed by atoms with Crippen molar-refractivity contribution in [1.29, 1.82) is 0 Å². The van der Waals surface area contributed by atoms with E-state index < -0.39 is 18.4 Å². The van der Waals surface area contributed by atoms with Gasteiger partial charge in [0, 0.05) is 6.20 Å². The third kappa shape index (κ3) is 2.57. The minimum atomic E-state index is -3.68. The van der Waals surface area contributed by atoms with Crippen LogP contribution in [-0.2, 0) is 0 Å². The summed E-state index contributed by atoms with van der Waals surface area (Å²) in [4.78, 5) is 12.2. The number of halogens is 2. The SMILES string of the molecule is O=C(O)N1C=C(c2ccc3c(c2)OC(F)(F)O3)CCC1CO. The Morgan fingerprint density at radius 3 is 2.77 bits per heavy atom. The van der Waals surface area contributed by atoms with Gasteiger partial charge in [-0.05, 0) is 36.1 Å². The number of rotatable bonds is 2. The van der Waals surface area contributed by atoms with Gasteiger partial charge in [-0.15, -0.1) is 8.78 Å². The van der Waals surface area contributed by atoms with Gasteiger partial charge in [-0.25, -0.2) is 4.79 Å². The lowest BCUT2D eigenvalue weighted by molar-refractivity contribution is -0.286. The highest BCUT2D eigenvalue weighted by Gasteiger charge is 2.43. The highest BCUT2D eigenvalue weighted by molar-refractivity contribution is 5.75. The van der Waals surface area contributed by atoms with Crippen LogP contribution in [0.2, 0.25) is 0 Å². The van der Waals surface area contributed by atoms with E-state index in [1.165, 1.54) is 18.3 Å². The summed E-state index contributed by atoms with van der Waals surface area (Å²) >= 11 is 0. The van der Waals surface area contributed by atoms with Crippen molar-refractivity contribution in [3.63, 3.8) is 0 Å². The van der Waals surface area contributed by atoms with Crippen LogP contribution in [0, 0.1) is 0 Å². The van der Waals surface area contributed by atoms with Crippen molar-refractivity contribution in [2.24, 2.45) is 0 Å². The Kier molecular flexibility index (Phi) is 3.40. The summed E-state index contributed by atoms with van der Waals surface area (Å²) in [5, 5.41) is 18.4. The van der Waals surface area contributed by atoms with Gasteiger partial charge >= 0.3 is 12.4 Å².